The van der Waals surface area contributed by atoms with E-state index >= 15 is 0 Å². The number of nitrogens with one attached hydrogen (secondary N) is 1. The molecule has 0 aromatic heterocycles. The average Bonchev–Trinajstić information content (AvgIpc) is 2.74. The third kappa shape index (κ3) is 5.35. The van der Waals surface area contributed by atoms with Gasteiger partial charge < -0.3 is 14.8 Å². The summed E-state index contributed by atoms with van der Waals surface area (Å²) in [7, 11) is -2.01. The summed E-state index contributed by atoms with van der Waals surface area (Å²) in [5.74, 6) is 0.603. The minimum atomic E-state index is -3.62. The maximum atomic E-state index is 13.0. The van der Waals surface area contributed by atoms with Gasteiger partial charge >= 0.3 is 0 Å². The fourth-order valence-electron chi connectivity index (χ4n) is 3.16. The Morgan fingerprint density at radius 3 is 2.48 bits per heavy atom. The number of amides is 1. The van der Waals surface area contributed by atoms with Gasteiger partial charge in [0.25, 0.3) is 0 Å². The molecule has 1 heterocycles. The van der Waals surface area contributed by atoms with Crippen LogP contribution in [-0.2, 0) is 26.0 Å². The van der Waals surface area contributed by atoms with Crippen LogP contribution in [0.1, 0.15) is 17.5 Å². The maximum Gasteiger partial charge on any atom is 0.243 e. The SMILES string of the molecule is COc1ccc(CCC(=O)Nc2ccc(C)c(S(=O)(=O)N3CCOCC3)c2)cc1. The summed E-state index contributed by atoms with van der Waals surface area (Å²) >= 11 is 0. The van der Waals surface area contributed by atoms with Gasteiger partial charge in [-0.1, -0.05) is 18.2 Å². The monoisotopic (exact) mass is 418 g/mol. The Balaban J connectivity index is 1.66. The Kier molecular flexibility index (Phi) is 6.89. The summed E-state index contributed by atoms with van der Waals surface area (Å²) in [6.07, 6.45) is 0.881. The predicted octanol–water partition coefficient (Wildman–Crippen LogP) is 2.60. The fourth-order valence-corrected chi connectivity index (χ4v) is 4.81. The number of anilines is 1. The first-order valence-electron chi connectivity index (χ1n) is 9.51. The van der Waals surface area contributed by atoms with Crippen LogP contribution in [0.4, 0.5) is 5.69 Å². The lowest BCUT2D eigenvalue weighted by atomic mass is 10.1. The second-order valence-corrected chi connectivity index (χ2v) is 8.80. The molecule has 1 aliphatic heterocycles. The van der Waals surface area contributed by atoms with E-state index in [1.165, 1.54) is 10.4 Å². The fraction of sp³-hybridized carbons (Fsp3) is 0.381. The van der Waals surface area contributed by atoms with Gasteiger partial charge in [0.1, 0.15) is 5.75 Å². The van der Waals surface area contributed by atoms with Crippen molar-refractivity contribution in [2.24, 2.45) is 0 Å². The third-order valence-corrected chi connectivity index (χ3v) is 6.90. The molecule has 2 aromatic carbocycles. The van der Waals surface area contributed by atoms with E-state index in [-0.39, 0.29) is 10.8 Å². The summed E-state index contributed by atoms with van der Waals surface area (Å²) in [6.45, 7) is 3.20. The van der Waals surface area contributed by atoms with Crippen molar-refractivity contribution in [1.29, 1.82) is 0 Å². The molecule has 0 bridgehead atoms. The number of methoxy groups -OCH3 is 1. The Labute approximate surface area is 171 Å². The molecular formula is C21H26N2O5S. The molecule has 7 nitrogen and oxygen atoms in total. The molecule has 1 N–H and O–H groups in total. The summed E-state index contributed by atoms with van der Waals surface area (Å²) in [6, 6.07) is 12.5. The summed E-state index contributed by atoms with van der Waals surface area (Å²) in [5, 5.41) is 2.81. The lowest BCUT2D eigenvalue weighted by molar-refractivity contribution is -0.116. The maximum absolute atomic E-state index is 13.0. The highest BCUT2D eigenvalue weighted by atomic mass is 32.2. The molecule has 0 radical (unpaired) electrons. The summed E-state index contributed by atoms with van der Waals surface area (Å²) in [4.78, 5) is 12.6. The van der Waals surface area contributed by atoms with Crippen molar-refractivity contribution in [3.63, 3.8) is 0 Å². The molecule has 156 valence electrons. The number of hydrogen-bond donors (Lipinski definition) is 1. The van der Waals surface area contributed by atoms with Gasteiger partial charge in [-0.05, 0) is 48.7 Å². The molecule has 1 fully saturated rings. The quantitative estimate of drug-likeness (QED) is 0.747. The average molecular weight is 419 g/mol. The Bertz CT molecular complexity index is 952. The molecule has 1 aliphatic rings. The second kappa shape index (κ2) is 9.39. The van der Waals surface area contributed by atoms with Gasteiger partial charge in [0, 0.05) is 25.2 Å². The molecule has 1 amide bonds. The van der Waals surface area contributed by atoms with E-state index in [1.807, 2.05) is 24.3 Å². The van der Waals surface area contributed by atoms with Gasteiger partial charge in [-0.3, -0.25) is 4.79 Å². The van der Waals surface area contributed by atoms with Gasteiger partial charge in [0.2, 0.25) is 15.9 Å². The first kappa shape index (κ1) is 21.3. The number of sulfonamides is 1. The van der Waals surface area contributed by atoms with Crippen molar-refractivity contribution in [3.8, 4) is 5.75 Å². The minimum absolute atomic E-state index is 0.167. The zero-order chi connectivity index (χ0) is 20.9. The molecule has 0 unspecified atom stereocenters. The van der Waals surface area contributed by atoms with E-state index < -0.39 is 10.0 Å². The van der Waals surface area contributed by atoms with Gasteiger partial charge in [0.05, 0.1) is 25.2 Å². The molecule has 29 heavy (non-hydrogen) atoms. The van der Waals surface area contributed by atoms with Crippen LogP contribution in [-0.4, -0.2) is 52.0 Å². The van der Waals surface area contributed by atoms with Crippen LogP contribution in [0, 0.1) is 6.92 Å². The molecule has 2 aromatic rings. The predicted molar refractivity (Wildman–Crippen MR) is 111 cm³/mol. The van der Waals surface area contributed by atoms with Crippen LogP contribution >= 0.6 is 0 Å². The molecule has 8 heteroatoms. The molecule has 0 atom stereocenters. The minimum Gasteiger partial charge on any atom is -0.497 e. The topological polar surface area (TPSA) is 84.9 Å². The van der Waals surface area contributed by atoms with Crippen molar-refractivity contribution >= 4 is 21.6 Å². The molecular weight excluding hydrogens is 392 g/mol. The van der Waals surface area contributed by atoms with E-state index in [9.17, 15) is 13.2 Å². The number of hydrogen-bond acceptors (Lipinski definition) is 5. The smallest absolute Gasteiger partial charge is 0.243 e. The molecule has 1 saturated heterocycles. The number of morpholine rings is 1. The van der Waals surface area contributed by atoms with Gasteiger partial charge in [0.15, 0.2) is 0 Å². The summed E-state index contributed by atoms with van der Waals surface area (Å²) in [5.41, 5.74) is 2.15. The first-order valence-corrected chi connectivity index (χ1v) is 11.0. The molecule has 0 spiro atoms. The van der Waals surface area contributed by atoms with Crippen LogP contribution in [0.25, 0.3) is 0 Å². The molecule has 0 saturated carbocycles. The Morgan fingerprint density at radius 2 is 1.83 bits per heavy atom. The normalized spacial score (nSPS) is 15.1. The summed E-state index contributed by atoms with van der Waals surface area (Å²) < 4.78 is 37.7. The van der Waals surface area contributed by atoms with Crippen molar-refractivity contribution in [2.75, 3.05) is 38.7 Å². The Morgan fingerprint density at radius 1 is 1.14 bits per heavy atom. The van der Waals surface area contributed by atoms with Crippen LogP contribution in [0.2, 0.25) is 0 Å². The lowest BCUT2D eigenvalue weighted by Gasteiger charge is -2.26. The highest BCUT2D eigenvalue weighted by molar-refractivity contribution is 7.89. The number of ether oxygens (including phenoxy) is 2. The van der Waals surface area contributed by atoms with E-state index in [4.69, 9.17) is 9.47 Å². The number of nitrogens with zero attached hydrogens (tertiary/aromatic N) is 1. The highest BCUT2D eigenvalue weighted by Gasteiger charge is 2.28. The van der Waals surface area contributed by atoms with E-state index in [0.29, 0.717) is 50.4 Å². The van der Waals surface area contributed by atoms with Crippen molar-refractivity contribution in [3.05, 3.63) is 53.6 Å². The van der Waals surface area contributed by atoms with Crippen LogP contribution in [0.3, 0.4) is 0 Å². The zero-order valence-corrected chi connectivity index (χ0v) is 17.5. The van der Waals surface area contributed by atoms with Crippen molar-refractivity contribution in [1.82, 2.24) is 4.31 Å². The highest BCUT2D eigenvalue weighted by Crippen LogP contribution is 2.24. The van der Waals surface area contributed by atoms with Crippen molar-refractivity contribution < 1.29 is 22.7 Å². The van der Waals surface area contributed by atoms with Crippen LogP contribution in [0.5, 0.6) is 5.75 Å². The van der Waals surface area contributed by atoms with E-state index in [2.05, 4.69) is 5.32 Å². The Hall–Kier alpha value is -2.42. The van der Waals surface area contributed by atoms with Crippen LogP contribution in [0.15, 0.2) is 47.4 Å². The van der Waals surface area contributed by atoms with Crippen LogP contribution < -0.4 is 10.1 Å². The largest absolute Gasteiger partial charge is 0.497 e. The second-order valence-electron chi connectivity index (χ2n) is 6.89. The molecule has 0 aliphatic carbocycles. The third-order valence-electron chi connectivity index (χ3n) is 4.86. The standard InChI is InChI=1S/C21H26N2O5S/c1-16-3-7-18(15-20(16)29(25,26)23-11-13-28-14-12-23)22-21(24)10-6-17-4-8-19(27-2)9-5-17/h3-5,7-9,15H,6,10-14H2,1-2H3,(H,22,24). The van der Waals surface area contributed by atoms with Gasteiger partial charge in [-0.15, -0.1) is 0 Å². The lowest BCUT2D eigenvalue weighted by Crippen LogP contribution is -2.40. The number of benzene rings is 2. The number of aryl methyl sites for hydroxylation is 2. The van der Waals surface area contributed by atoms with Gasteiger partial charge in [-0.2, -0.15) is 4.31 Å². The van der Waals surface area contributed by atoms with E-state index in [1.54, 1.807) is 26.2 Å². The number of carbonyl (C=O) groups is 1. The van der Waals surface area contributed by atoms with Crippen molar-refractivity contribution in [2.45, 2.75) is 24.7 Å². The van der Waals surface area contributed by atoms with Gasteiger partial charge in [-0.25, -0.2) is 8.42 Å². The molecule has 3 rings (SSSR count). The number of carbonyl (C=O) groups excluding carboxylic acids is 1. The zero-order valence-electron chi connectivity index (χ0n) is 16.7. The van der Waals surface area contributed by atoms with E-state index in [0.717, 1.165) is 11.3 Å². The number of rotatable bonds is 7. The first-order chi connectivity index (χ1) is 13.9.